The molecule has 0 aromatic heterocycles. The maximum atomic E-state index is 10.7. The molecule has 19 heavy (non-hydrogen) atoms. The third kappa shape index (κ3) is 4.11. The lowest BCUT2D eigenvalue weighted by Gasteiger charge is -2.20. The van der Waals surface area contributed by atoms with Crippen molar-refractivity contribution >= 4 is 5.91 Å². The Bertz CT molecular complexity index is 435. The average molecular weight is 269 g/mol. The molecule has 0 fully saturated rings. The summed E-state index contributed by atoms with van der Waals surface area (Å²) in [6.07, 6.45) is -2.53. The highest BCUT2D eigenvalue weighted by Gasteiger charge is 2.23. The average Bonchev–Trinajstić information content (AvgIpc) is 2.38. The Kier molecular flexibility index (Phi) is 5.59. The molecule has 1 rings (SSSR count). The van der Waals surface area contributed by atoms with Gasteiger partial charge in [-0.15, -0.1) is 0 Å². The molecule has 0 aliphatic rings. The number of hydrogen-bond acceptors (Lipinski definition) is 5. The van der Waals surface area contributed by atoms with Crippen LogP contribution in [-0.4, -0.2) is 40.5 Å². The summed E-state index contributed by atoms with van der Waals surface area (Å²) in [6.45, 7) is 3.36. The zero-order valence-corrected chi connectivity index (χ0v) is 11.0. The highest BCUT2D eigenvalue weighted by molar-refractivity contribution is 5.72. The van der Waals surface area contributed by atoms with E-state index in [-0.39, 0.29) is 29.5 Å². The van der Waals surface area contributed by atoms with Crippen LogP contribution in [0, 0.1) is 0 Å². The van der Waals surface area contributed by atoms with Gasteiger partial charge in [0, 0.05) is 19.0 Å². The van der Waals surface area contributed by atoms with E-state index in [2.05, 4.69) is 5.32 Å². The zero-order valence-electron chi connectivity index (χ0n) is 11.0. The predicted octanol–water partition coefficient (Wildman–Crippen LogP) is 0.321. The number of nitrogens with one attached hydrogen (secondary N) is 1. The summed E-state index contributed by atoms with van der Waals surface area (Å²) in [6, 6.07) is 4.66. The standard InChI is InChI=1S/C13H19NO5/c1-3-19-11-6-4-5-9(13(11)18)12(17)10(16)7-14-8(2)15/h4-6,10,12,16-18H,3,7H2,1-2H3,(H,14,15). The molecule has 2 unspecified atom stereocenters. The first kappa shape index (κ1) is 15.3. The minimum Gasteiger partial charge on any atom is -0.504 e. The number of hydrogen-bond donors (Lipinski definition) is 4. The summed E-state index contributed by atoms with van der Waals surface area (Å²) in [5.74, 6) is -0.275. The van der Waals surface area contributed by atoms with Crippen LogP contribution in [0.4, 0.5) is 0 Å². The molecule has 2 atom stereocenters. The van der Waals surface area contributed by atoms with Crippen molar-refractivity contribution in [2.45, 2.75) is 26.1 Å². The van der Waals surface area contributed by atoms with Crippen molar-refractivity contribution in [3.63, 3.8) is 0 Å². The third-order valence-electron chi connectivity index (χ3n) is 2.57. The van der Waals surface area contributed by atoms with Crippen molar-refractivity contribution in [2.24, 2.45) is 0 Å². The molecule has 0 heterocycles. The molecule has 6 heteroatoms. The Labute approximate surface area is 111 Å². The lowest BCUT2D eigenvalue weighted by atomic mass is 10.0. The summed E-state index contributed by atoms with van der Waals surface area (Å²) in [5, 5.41) is 32.0. The van der Waals surface area contributed by atoms with E-state index in [9.17, 15) is 20.1 Å². The molecular formula is C13H19NO5. The third-order valence-corrected chi connectivity index (χ3v) is 2.57. The van der Waals surface area contributed by atoms with Gasteiger partial charge in [-0.25, -0.2) is 0 Å². The molecule has 0 saturated carbocycles. The summed E-state index contributed by atoms with van der Waals surface area (Å²) in [4.78, 5) is 10.7. The van der Waals surface area contributed by atoms with Gasteiger partial charge in [-0.3, -0.25) is 4.79 Å². The van der Waals surface area contributed by atoms with E-state index in [4.69, 9.17) is 4.74 Å². The number of ether oxygens (including phenoxy) is 1. The molecule has 0 radical (unpaired) electrons. The van der Waals surface area contributed by atoms with Gasteiger partial charge in [-0.1, -0.05) is 12.1 Å². The second-order valence-electron chi connectivity index (χ2n) is 4.08. The molecule has 1 aromatic rings. The van der Waals surface area contributed by atoms with Gasteiger partial charge in [0.15, 0.2) is 11.5 Å². The van der Waals surface area contributed by atoms with Gasteiger partial charge in [-0.05, 0) is 13.0 Å². The first-order chi connectivity index (χ1) is 8.97. The minimum atomic E-state index is -1.31. The van der Waals surface area contributed by atoms with Crippen LogP contribution >= 0.6 is 0 Å². The van der Waals surface area contributed by atoms with Crippen molar-refractivity contribution < 1.29 is 24.9 Å². The Hall–Kier alpha value is -1.79. The van der Waals surface area contributed by atoms with E-state index in [0.717, 1.165) is 0 Å². The lowest BCUT2D eigenvalue weighted by molar-refractivity contribution is -0.119. The second-order valence-corrected chi connectivity index (χ2v) is 4.08. The maximum Gasteiger partial charge on any atom is 0.216 e. The van der Waals surface area contributed by atoms with Crippen LogP contribution in [0.5, 0.6) is 11.5 Å². The van der Waals surface area contributed by atoms with Gasteiger partial charge >= 0.3 is 0 Å². The number of carbonyl (C=O) groups is 1. The maximum absolute atomic E-state index is 10.7. The summed E-state index contributed by atoms with van der Waals surface area (Å²) >= 11 is 0. The van der Waals surface area contributed by atoms with Gasteiger partial charge in [0.2, 0.25) is 5.91 Å². The largest absolute Gasteiger partial charge is 0.504 e. The lowest BCUT2D eigenvalue weighted by Crippen LogP contribution is -2.34. The predicted molar refractivity (Wildman–Crippen MR) is 68.9 cm³/mol. The summed E-state index contributed by atoms with van der Waals surface area (Å²) in [5.41, 5.74) is 0.156. The van der Waals surface area contributed by atoms with Crippen molar-refractivity contribution in [3.8, 4) is 11.5 Å². The van der Waals surface area contributed by atoms with Gasteiger partial charge in [0.05, 0.1) is 6.61 Å². The number of aliphatic hydroxyl groups excluding tert-OH is 2. The highest BCUT2D eigenvalue weighted by Crippen LogP contribution is 2.34. The van der Waals surface area contributed by atoms with Gasteiger partial charge in [-0.2, -0.15) is 0 Å². The van der Waals surface area contributed by atoms with Crippen LogP contribution in [0.2, 0.25) is 0 Å². The quantitative estimate of drug-likeness (QED) is 0.596. The number of amides is 1. The van der Waals surface area contributed by atoms with E-state index >= 15 is 0 Å². The normalized spacial score (nSPS) is 13.7. The van der Waals surface area contributed by atoms with Crippen LogP contribution in [0.15, 0.2) is 18.2 Å². The molecule has 0 bridgehead atoms. The first-order valence-electron chi connectivity index (χ1n) is 6.02. The van der Waals surface area contributed by atoms with E-state index in [1.165, 1.54) is 13.0 Å². The Morgan fingerprint density at radius 3 is 2.68 bits per heavy atom. The number of phenols is 1. The van der Waals surface area contributed by atoms with E-state index in [1.807, 2.05) is 0 Å². The Morgan fingerprint density at radius 2 is 2.11 bits per heavy atom. The van der Waals surface area contributed by atoms with E-state index in [1.54, 1.807) is 19.1 Å². The molecule has 1 aromatic carbocycles. The summed E-state index contributed by atoms with van der Waals surface area (Å²) < 4.78 is 5.19. The van der Waals surface area contributed by atoms with Crippen molar-refractivity contribution in [1.29, 1.82) is 0 Å². The number of rotatable bonds is 6. The smallest absolute Gasteiger partial charge is 0.216 e. The number of carbonyl (C=O) groups excluding carboxylic acids is 1. The van der Waals surface area contributed by atoms with E-state index in [0.29, 0.717) is 6.61 Å². The monoisotopic (exact) mass is 269 g/mol. The number of aromatic hydroxyl groups is 1. The number of benzene rings is 1. The van der Waals surface area contributed by atoms with Crippen LogP contribution < -0.4 is 10.1 Å². The van der Waals surface area contributed by atoms with Gasteiger partial charge < -0.3 is 25.4 Å². The second kappa shape index (κ2) is 6.96. The fraction of sp³-hybridized carbons (Fsp3) is 0.462. The molecule has 0 spiro atoms. The van der Waals surface area contributed by atoms with Crippen LogP contribution in [0.25, 0.3) is 0 Å². The summed E-state index contributed by atoms with van der Waals surface area (Å²) in [7, 11) is 0. The Balaban J connectivity index is 2.83. The number of para-hydroxylation sites is 1. The van der Waals surface area contributed by atoms with Crippen LogP contribution in [-0.2, 0) is 4.79 Å². The molecule has 0 aliphatic heterocycles. The fourth-order valence-corrected chi connectivity index (χ4v) is 1.62. The van der Waals surface area contributed by atoms with Crippen LogP contribution in [0.3, 0.4) is 0 Å². The highest BCUT2D eigenvalue weighted by atomic mass is 16.5. The van der Waals surface area contributed by atoms with Gasteiger partial charge in [0.25, 0.3) is 0 Å². The van der Waals surface area contributed by atoms with Gasteiger partial charge in [0.1, 0.15) is 12.2 Å². The number of phenolic OH excluding ortho intramolecular Hbond substituents is 1. The van der Waals surface area contributed by atoms with Crippen molar-refractivity contribution in [2.75, 3.05) is 13.2 Å². The minimum absolute atomic E-state index is 0.102. The topological polar surface area (TPSA) is 99.0 Å². The van der Waals surface area contributed by atoms with Crippen LogP contribution in [0.1, 0.15) is 25.5 Å². The van der Waals surface area contributed by atoms with Crippen molar-refractivity contribution in [1.82, 2.24) is 5.32 Å². The molecule has 1 amide bonds. The molecule has 0 saturated heterocycles. The van der Waals surface area contributed by atoms with E-state index < -0.39 is 12.2 Å². The number of aliphatic hydroxyl groups is 2. The fourth-order valence-electron chi connectivity index (χ4n) is 1.62. The zero-order chi connectivity index (χ0) is 14.4. The molecule has 106 valence electrons. The molecule has 0 aliphatic carbocycles. The molecule has 4 N–H and O–H groups in total. The molecular weight excluding hydrogens is 250 g/mol. The van der Waals surface area contributed by atoms with Crippen molar-refractivity contribution in [3.05, 3.63) is 23.8 Å². The SMILES string of the molecule is CCOc1cccc(C(O)C(O)CNC(C)=O)c1O. The first-order valence-corrected chi connectivity index (χ1v) is 6.02. The molecule has 6 nitrogen and oxygen atoms in total. The Morgan fingerprint density at radius 1 is 1.42 bits per heavy atom.